The first-order chi connectivity index (χ1) is 8.72. The third kappa shape index (κ3) is 2.79. The molecule has 0 amide bonds. The van der Waals surface area contributed by atoms with Crippen molar-refractivity contribution in [3.63, 3.8) is 0 Å². The lowest BCUT2D eigenvalue weighted by molar-refractivity contribution is 0.420. The Bertz CT molecular complexity index is 500. The maximum Gasteiger partial charge on any atom is 0.170 e. The van der Waals surface area contributed by atoms with Crippen molar-refractivity contribution in [3.8, 4) is 11.3 Å². The van der Waals surface area contributed by atoms with E-state index in [2.05, 4.69) is 55.5 Å². The van der Waals surface area contributed by atoms with Crippen molar-refractivity contribution >= 4 is 0 Å². The molecule has 0 unspecified atom stereocenters. The van der Waals surface area contributed by atoms with Gasteiger partial charge in [-0.15, -0.1) is 0 Å². The van der Waals surface area contributed by atoms with Crippen molar-refractivity contribution in [1.29, 1.82) is 0 Å². The normalized spacial score (nSPS) is 10.8. The molecule has 1 aromatic carbocycles. The van der Waals surface area contributed by atoms with E-state index in [9.17, 15) is 0 Å². The van der Waals surface area contributed by atoms with Gasteiger partial charge < -0.3 is 9.84 Å². The second-order valence-corrected chi connectivity index (χ2v) is 4.63. The zero-order valence-electron chi connectivity index (χ0n) is 11.3. The van der Waals surface area contributed by atoms with Gasteiger partial charge in [-0.2, -0.15) is 0 Å². The molecule has 0 saturated carbocycles. The summed E-state index contributed by atoms with van der Waals surface area (Å²) in [6.07, 6.45) is 1.13. The molecule has 2 rings (SSSR count). The molecule has 0 radical (unpaired) electrons. The number of rotatable bonds is 5. The van der Waals surface area contributed by atoms with E-state index in [4.69, 9.17) is 4.52 Å². The molecule has 1 heterocycles. The van der Waals surface area contributed by atoms with Crippen molar-refractivity contribution in [3.05, 3.63) is 41.1 Å². The number of hydrogen-bond acceptors (Lipinski definition) is 3. The molecule has 0 aliphatic rings. The SMILES string of the molecule is CCCNCc1noc(-c2ccc(C)cc2)c1C. The minimum atomic E-state index is 0.773. The molecule has 3 nitrogen and oxygen atoms in total. The highest BCUT2D eigenvalue weighted by atomic mass is 16.5. The Labute approximate surface area is 108 Å². The van der Waals surface area contributed by atoms with Crippen LogP contribution in [0.3, 0.4) is 0 Å². The van der Waals surface area contributed by atoms with E-state index in [1.54, 1.807) is 0 Å². The first kappa shape index (κ1) is 12.8. The summed E-state index contributed by atoms with van der Waals surface area (Å²) in [6, 6.07) is 8.33. The van der Waals surface area contributed by atoms with Gasteiger partial charge >= 0.3 is 0 Å². The molecule has 0 atom stereocenters. The van der Waals surface area contributed by atoms with Gasteiger partial charge in [0.05, 0.1) is 0 Å². The van der Waals surface area contributed by atoms with E-state index in [-0.39, 0.29) is 0 Å². The molecule has 0 saturated heterocycles. The van der Waals surface area contributed by atoms with E-state index >= 15 is 0 Å². The van der Waals surface area contributed by atoms with Crippen molar-refractivity contribution in [2.75, 3.05) is 6.54 Å². The topological polar surface area (TPSA) is 38.1 Å². The lowest BCUT2D eigenvalue weighted by Gasteiger charge is -2.01. The molecule has 0 aliphatic carbocycles. The van der Waals surface area contributed by atoms with Crippen LogP contribution < -0.4 is 5.32 Å². The first-order valence-corrected chi connectivity index (χ1v) is 6.45. The number of benzene rings is 1. The summed E-state index contributed by atoms with van der Waals surface area (Å²) < 4.78 is 5.46. The van der Waals surface area contributed by atoms with E-state index < -0.39 is 0 Å². The molecule has 0 spiro atoms. The van der Waals surface area contributed by atoms with Crippen LogP contribution in [-0.2, 0) is 6.54 Å². The quantitative estimate of drug-likeness (QED) is 0.818. The molecule has 2 aromatic rings. The van der Waals surface area contributed by atoms with E-state index in [1.165, 1.54) is 5.56 Å². The van der Waals surface area contributed by atoms with E-state index in [0.29, 0.717) is 0 Å². The second kappa shape index (κ2) is 5.83. The van der Waals surface area contributed by atoms with Gasteiger partial charge in [-0.05, 0) is 26.8 Å². The Hall–Kier alpha value is -1.61. The van der Waals surface area contributed by atoms with E-state index in [1.807, 2.05) is 0 Å². The molecule has 96 valence electrons. The molecular weight excluding hydrogens is 224 g/mol. The van der Waals surface area contributed by atoms with Crippen molar-refractivity contribution in [1.82, 2.24) is 10.5 Å². The lowest BCUT2D eigenvalue weighted by Crippen LogP contribution is -2.14. The number of nitrogens with one attached hydrogen (secondary N) is 1. The largest absolute Gasteiger partial charge is 0.356 e. The van der Waals surface area contributed by atoms with Gasteiger partial charge in [0, 0.05) is 17.7 Å². The minimum Gasteiger partial charge on any atom is -0.356 e. The predicted molar refractivity (Wildman–Crippen MR) is 73.4 cm³/mol. The fraction of sp³-hybridized carbons (Fsp3) is 0.400. The highest BCUT2D eigenvalue weighted by Gasteiger charge is 2.12. The number of aryl methyl sites for hydroxylation is 1. The molecular formula is C15H20N2O. The monoisotopic (exact) mass is 244 g/mol. The van der Waals surface area contributed by atoms with Crippen LogP contribution in [0.15, 0.2) is 28.8 Å². The molecule has 18 heavy (non-hydrogen) atoms. The Morgan fingerprint density at radius 2 is 1.89 bits per heavy atom. The Balaban J connectivity index is 2.17. The molecule has 0 aliphatic heterocycles. The van der Waals surface area contributed by atoms with Gasteiger partial charge in [-0.1, -0.05) is 41.9 Å². The van der Waals surface area contributed by atoms with Crippen LogP contribution in [0.2, 0.25) is 0 Å². The van der Waals surface area contributed by atoms with E-state index in [0.717, 1.165) is 42.1 Å². The first-order valence-electron chi connectivity index (χ1n) is 6.45. The minimum absolute atomic E-state index is 0.773. The Morgan fingerprint density at radius 3 is 2.56 bits per heavy atom. The van der Waals surface area contributed by atoms with Crippen molar-refractivity contribution in [2.24, 2.45) is 0 Å². The van der Waals surface area contributed by atoms with Gasteiger partial charge in [0.15, 0.2) is 5.76 Å². The summed E-state index contributed by atoms with van der Waals surface area (Å²) in [7, 11) is 0. The average molecular weight is 244 g/mol. The average Bonchev–Trinajstić information content (AvgIpc) is 2.73. The van der Waals surface area contributed by atoms with Gasteiger partial charge in [-0.25, -0.2) is 0 Å². The van der Waals surface area contributed by atoms with Crippen molar-refractivity contribution < 1.29 is 4.52 Å². The molecule has 0 fully saturated rings. The highest BCUT2D eigenvalue weighted by Crippen LogP contribution is 2.25. The fourth-order valence-electron chi connectivity index (χ4n) is 1.89. The second-order valence-electron chi connectivity index (χ2n) is 4.63. The van der Waals surface area contributed by atoms with Crippen LogP contribution in [0.25, 0.3) is 11.3 Å². The molecule has 1 N–H and O–H groups in total. The summed E-state index contributed by atoms with van der Waals surface area (Å²) in [4.78, 5) is 0. The van der Waals surface area contributed by atoms with Crippen LogP contribution in [0.1, 0.15) is 30.2 Å². The highest BCUT2D eigenvalue weighted by molar-refractivity contribution is 5.61. The Morgan fingerprint density at radius 1 is 1.17 bits per heavy atom. The molecule has 3 heteroatoms. The lowest BCUT2D eigenvalue weighted by atomic mass is 10.1. The zero-order valence-corrected chi connectivity index (χ0v) is 11.3. The predicted octanol–water partition coefficient (Wildman–Crippen LogP) is 3.46. The van der Waals surface area contributed by atoms with Crippen molar-refractivity contribution in [2.45, 2.75) is 33.7 Å². The van der Waals surface area contributed by atoms with Crippen LogP contribution in [0.5, 0.6) is 0 Å². The number of aromatic nitrogens is 1. The summed E-state index contributed by atoms with van der Waals surface area (Å²) >= 11 is 0. The number of hydrogen-bond donors (Lipinski definition) is 1. The van der Waals surface area contributed by atoms with Gasteiger partial charge in [-0.3, -0.25) is 0 Å². The number of nitrogens with zero attached hydrogens (tertiary/aromatic N) is 1. The zero-order chi connectivity index (χ0) is 13.0. The summed E-state index contributed by atoms with van der Waals surface area (Å²) in [5.74, 6) is 0.878. The van der Waals surface area contributed by atoms with Crippen LogP contribution in [0, 0.1) is 13.8 Å². The van der Waals surface area contributed by atoms with Gasteiger partial charge in [0.1, 0.15) is 5.69 Å². The van der Waals surface area contributed by atoms with Crippen LogP contribution in [0.4, 0.5) is 0 Å². The maximum absolute atomic E-state index is 5.46. The molecule has 0 bridgehead atoms. The van der Waals surface area contributed by atoms with Crippen LogP contribution >= 0.6 is 0 Å². The third-order valence-electron chi connectivity index (χ3n) is 3.05. The van der Waals surface area contributed by atoms with Gasteiger partial charge in [0.25, 0.3) is 0 Å². The summed E-state index contributed by atoms with van der Waals surface area (Å²) in [5.41, 5.74) is 4.47. The maximum atomic E-state index is 5.46. The summed E-state index contributed by atoms with van der Waals surface area (Å²) in [5, 5.41) is 7.49. The van der Waals surface area contributed by atoms with Crippen LogP contribution in [-0.4, -0.2) is 11.7 Å². The summed E-state index contributed by atoms with van der Waals surface area (Å²) in [6.45, 7) is 8.08. The smallest absolute Gasteiger partial charge is 0.170 e. The third-order valence-corrected chi connectivity index (χ3v) is 3.05. The van der Waals surface area contributed by atoms with Gasteiger partial charge in [0.2, 0.25) is 0 Å². The fourth-order valence-corrected chi connectivity index (χ4v) is 1.89. The standard InChI is InChI=1S/C15H20N2O/c1-4-9-16-10-14-12(3)15(18-17-14)13-7-5-11(2)6-8-13/h5-8,16H,4,9-10H2,1-3H3. The Kier molecular flexibility index (Phi) is 4.15. The molecule has 1 aromatic heterocycles.